The summed E-state index contributed by atoms with van der Waals surface area (Å²) in [6.45, 7) is 3.50. The van der Waals surface area contributed by atoms with E-state index in [4.69, 9.17) is 4.74 Å². The van der Waals surface area contributed by atoms with E-state index >= 15 is 0 Å². The zero-order valence-corrected chi connectivity index (χ0v) is 10.4. The van der Waals surface area contributed by atoms with Gasteiger partial charge in [-0.3, -0.25) is 4.90 Å². The van der Waals surface area contributed by atoms with E-state index in [9.17, 15) is 10.1 Å². The maximum absolute atomic E-state index is 10.5. The molecule has 1 aliphatic rings. The van der Waals surface area contributed by atoms with Gasteiger partial charge in [-0.05, 0) is 35.8 Å². The summed E-state index contributed by atoms with van der Waals surface area (Å²) < 4.78 is 6.70. The highest BCUT2D eigenvalue weighted by Crippen LogP contribution is 2.12. The summed E-state index contributed by atoms with van der Waals surface area (Å²) in [5.74, 6) is -0.425. The van der Waals surface area contributed by atoms with E-state index in [1.807, 2.05) is 0 Å². The van der Waals surface area contributed by atoms with Crippen molar-refractivity contribution in [2.75, 3.05) is 26.2 Å². The van der Waals surface area contributed by atoms with Crippen molar-refractivity contribution in [3.8, 4) is 6.01 Å². The lowest BCUT2D eigenvalue weighted by molar-refractivity contribution is -0.394. The molecule has 18 heavy (non-hydrogen) atoms. The molecule has 1 saturated heterocycles. The van der Waals surface area contributed by atoms with Crippen molar-refractivity contribution < 1.29 is 9.66 Å². The Hall–Kier alpha value is -1.70. The van der Waals surface area contributed by atoms with Crippen LogP contribution in [0.15, 0.2) is 0 Å². The molecule has 0 unspecified atom stereocenters. The molecule has 0 radical (unpaired) electrons. The number of nitrogens with zero attached hydrogens (tertiary/aromatic N) is 5. The first-order valence-electron chi connectivity index (χ1n) is 6.07. The first kappa shape index (κ1) is 12.7. The third-order valence-corrected chi connectivity index (χ3v) is 2.96. The second-order valence-electron chi connectivity index (χ2n) is 4.33. The highest BCUT2D eigenvalue weighted by Gasteiger charge is 2.20. The van der Waals surface area contributed by atoms with Crippen LogP contribution in [0.25, 0.3) is 0 Å². The van der Waals surface area contributed by atoms with Gasteiger partial charge in [0.2, 0.25) is 0 Å². The van der Waals surface area contributed by atoms with Gasteiger partial charge in [-0.1, -0.05) is 6.42 Å². The van der Waals surface area contributed by atoms with Crippen LogP contribution in [0.4, 0.5) is 5.95 Å². The first-order chi connectivity index (χ1) is 8.66. The van der Waals surface area contributed by atoms with E-state index in [1.54, 1.807) is 7.05 Å². The van der Waals surface area contributed by atoms with Crippen molar-refractivity contribution in [1.82, 2.24) is 19.7 Å². The van der Waals surface area contributed by atoms with Crippen LogP contribution in [-0.4, -0.2) is 50.8 Å². The molecule has 8 heteroatoms. The zero-order valence-electron chi connectivity index (χ0n) is 10.4. The Morgan fingerprint density at radius 1 is 1.39 bits per heavy atom. The van der Waals surface area contributed by atoms with E-state index in [0.717, 1.165) is 19.6 Å². The van der Waals surface area contributed by atoms with Crippen LogP contribution in [-0.2, 0) is 7.05 Å². The average molecular weight is 255 g/mol. The van der Waals surface area contributed by atoms with Crippen LogP contribution >= 0.6 is 0 Å². The molecule has 2 rings (SSSR count). The van der Waals surface area contributed by atoms with E-state index < -0.39 is 10.9 Å². The Morgan fingerprint density at radius 3 is 2.72 bits per heavy atom. The van der Waals surface area contributed by atoms with Crippen molar-refractivity contribution in [3.05, 3.63) is 10.1 Å². The molecular formula is C10H17N5O3. The molecule has 0 aliphatic carbocycles. The number of rotatable bonds is 5. The molecule has 1 fully saturated rings. The lowest BCUT2D eigenvalue weighted by Crippen LogP contribution is -2.33. The van der Waals surface area contributed by atoms with Gasteiger partial charge in [-0.15, -0.1) is 4.68 Å². The number of ether oxygens (including phenoxy) is 1. The molecule has 2 heterocycles. The number of piperidine rings is 1. The molecular weight excluding hydrogens is 238 g/mol. The Morgan fingerprint density at radius 2 is 2.11 bits per heavy atom. The van der Waals surface area contributed by atoms with E-state index in [1.165, 1.54) is 23.9 Å². The summed E-state index contributed by atoms with van der Waals surface area (Å²) in [4.78, 5) is 15.9. The van der Waals surface area contributed by atoms with Crippen molar-refractivity contribution in [2.45, 2.75) is 19.3 Å². The second-order valence-corrected chi connectivity index (χ2v) is 4.33. The Kier molecular flexibility index (Phi) is 4.08. The second kappa shape index (κ2) is 5.76. The summed E-state index contributed by atoms with van der Waals surface area (Å²) in [7, 11) is 1.58. The third kappa shape index (κ3) is 3.16. The maximum atomic E-state index is 10.5. The van der Waals surface area contributed by atoms with Gasteiger partial charge in [-0.25, -0.2) is 0 Å². The monoisotopic (exact) mass is 255 g/mol. The molecule has 8 nitrogen and oxygen atoms in total. The lowest BCUT2D eigenvalue weighted by Gasteiger charge is -2.25. The molecule has 0 spiro atoms. The predicted octanol–water partition coefficient (Wildman–Crippen LogP) is 0.588. The van der Waals surface area contributed by atoms with Crippen molar-refractivity contribution in [3.63, 3.8) is 0 Å². The lowest BCUT2D eigenvalue weighted by atomic mass is 10.1. The molecule has 1 aromatic rings. The van der Waals surface area contributed by atoms with Gasteiger partial charge < -0.3 is 14.9 Å². The number of hydrogen-bond acceptors (Lipinski definition) is 6. The minimum absolute atomic E-state index is 0.193. The number of nitro groups is 1. The molecule has 0 atom stereocenters. The van der Waals surface area contributed by atoms with E-state index in [0.29, 0.717) is 6.61 Å². The fourth-order valence-corrected chi connectivity index (χ4v) is 2.01. The smallest absolute Gasteiger partial charge is 0.449 e. The highest BCUT2D eigenvalue weighted by molar-refractivity contribution is 5.07. The van der Waals surface area contributed by atoms with Gasteiger partial charge in [0.1, 0.15) is 6.61 Å². The molecule has 1 aliphatic heterocycles. The Balaban J connectivity index is 1.80. The van der Waals surface area contributed by atoms with Crippen LogP contribution in [0.1, 0.15) is 19.3 Å². The van der Waals surface area contributed by atoms with Crippen molar-refractivity contribution >= 4 is 5.95 Å². The van der Waals surface area contributed by atoms with Crippen molar-refractivity contribution in [1.29, 1.82) is 0 Å². The fraction of sp³-hybridized carbons (Fsp3) is 0.800. The van der Waals surface area contributed by atoms with Gasteiger partial charge in [0.05, 0.1) is 7.05 Å². The summed E-state index contributed by atoms with van der Waals surface area (Å²) >= 11 is 0. The predicted molar refractivity (Wildman–Crippen MR) is 63.4 cm³/mol. The van der Waals surface area contributed by atoms with Crippen LogP contribution < -0.4 is 4.74 Å². The molecule has 1 aromatic heterocycles. The average Bonchev–Trinajstić information content (AvgIpc) is 2.73. The standard InChI is InChI=1S/C10H17N5O3/c1-13-10(11-9(12-13)15(16)17)18-8-7-14-5-3-2-4-6-14/h2-8H2,1H3. The SMILES string of the molecule is Cn1nc([N+](=O)[O-])nc1OCCN1CCCCC1. The maximum Gasteiger partial charge on any atom is 0.494 e. The highest BCUT2D eigenvalue weighted by atomic mass is 16.6. The molecule has 0 amide bonds. The van der Waals surface area contributed by atoms with E-state index in [-0.39, 0.29) is 6.01 Å². The van der Waals surface area contributed by atoms with Crippen LogP contribution in [0.3, 0.4) is 0 Å². The van der Waals surface area contributed by atoms with Gasteiger partial charge in [0, 0.05) is 11.6 Å². The number of aromatic nitrogens is 3. The normalized spacial score (nSPS) is 16.7. The van der Waals surface area contributed by atoms with Crippen molar-refractivity contribution in [2.24, 2.45) is 7.05 Å². The molecule has 100 valence electrons. The minimum Gasteiger partial charge on any atom is -0.449 e. The Bertz CT molecular complexity index is 414. The fourth-order valence-electron chi connectivity index (χ4n) is 2.01. The number of aryl methyl sites for hydroxylation is 1. The summed E-state index contributed by atoms with van der Waals surface area (Å²) in [6, 6.07) is 0.193. The third-order valence-electron chi connectivity index (χ3n) is 2.96. The largest absolute Gasteiger partial charge is 0.494 e. The summed E-state index contributed by atoms with van der Waals surface area (Å²) in [5.41, 5.74) is 0. The first-order valence-corrected chi connectivity index (χ1v) is 6.07. The zero-order chi connectivity index (χ0) is 13.0. The van der Waals surface area contributed by atoms with Gasteiger partial charge in [0.25, 0.3) is 0 Å². The number of likely N-dealkylation sites (tertiary alicyclic amines) is 1. The Labute approximate surface area is 105 Å². The van der Waals surface area contributed by atoms with Gasteiger partial charge in [-0.2, -0.15) is 0 Å². The summed E-state index contributed by atoms with van der Waals surface area (Å²) in [6.07, 6.45) is 3.76. The minimum atomic E-state index is -0.627. The molecule has 0 bridgehead atoms. The topological polar surface area (TPSA) is 86.3 Å². The quantitative estimate of drug-likeness (QED) is 0.565. The van der Waals surface area contributed by atoms with Crippen LogP contribution in [0.2, 0.25) is 0 Å². The molecule has 0 N–H and O–H groups in total. The van der Waals surface area contributed by atoms with E-state index in [2.05, 4.69) is 15.0 Å². The summed E-state index contributed by atoms with van der Waals surface area (Å²) in [5, 5.41) is 14.1. The molecule has 0 saturated carbocycles. The van der Waals surface area contributed by atoms with Gasteiger partial charge in [0.15, 0.2) is 0 Å². The van der Waals surface area contributed by atoms with Crippen LogP contribution in [0, 0.1) is 10.1 Å². The van der Waals surface area contributed by atoms with Gasteiger partial charge >= 0.3 is 12.0 Å². The van der Waals surface area contributed by atoms with Crippen LogP contribution in [0.5, 0.6) is 6.01 Å². The number of hydrogen-bond donors (Lipinski definition) is 0. The molecule has 0 aromatic carbocycles.